The minimum Gasteiger partial charge on any atom is -0.347 e. The maximum Gasteiger partial charge on any atom is 0.260 e. The van der Waals surface area contributed by atoms with Crippen LogP contribution in [-0.2, 0) is 23.6 Å². The average Bonchev–Trinajstić information content (AvgIpc) is 3.24. The van der Waals surface area contributed by atoms with E-state index in [-0.39, 0.29) is 11.6 Å². The van der Waals surface area contributed by atoms with Crippen molar-refractivity contribution in [1.82, 2.24) is 29.2 Å². The van der Waals surface area contributed by atoms with Crippen LogP contribution in [0.4, 0.5) is 11.9 Å². The Kier molecular flexibility index (Phi) is 5.10. The topological polar surface area (TPSA) is 109 Å². The molecule has 0 unspecified atom stereocenters. The SMILES string of the molecule is Cc1nc(S(=O)(=O)NCc2nc(N(C)C)nc(N3CCCC3)n2)cn1C. The van der Waals surface area contributed by atoms with Gasteiger partial charge in [-0.25, -0.2) is 18.1 Å². The Morgan fingerprint density at radius 3 is 2.42 bits per heavy atom. The highest BCUT2D eigenvalue weighted by Gasteiger charge is 2.21. The molecule has 0 atom stereocenters. The summed E-state index contributed by atoms with van der Waals surface area (Å²) in [6, 6.07) is 0. The van der Waals surface area contributed by atoms with Crippen LogP contribution in [0.5, 0.6) is 0 Å². The molecule has 1 saturated heterocycles. The van der Waals surface area contributed by atoms with Crippen molar-refractivity contribution in [2.45, 2.75) is 31.3 Å². The predicted molar refractivity (Wildman–Crippen MR) is 97.6 cm³/mol. The number of nitrogens with one attached hydrogen (secondary N) is 1. The second kappa shape index (κ2) is 7.16. The molecule has 0 aliphatic carbocycles. The van der Waals surface area contributed by atoms with Crippen molar-refractivity contribution in [2.75, 3.05) is 37.0 Å². The molecular formula is C15H24N8O2S. The Morgan fingerprint density at radius 1 is 1.15 bits per heavy atom. The summed E-state index contributed by atoms with van der Waals surface area (Å²) in [6.07, 6.45) is 3.68. The first-order valence-corrected chi connectivity index (χ1v) is 9.91. The van der Waals surface area contributed by atoms with Gasteiger partial charge in [-0.05, 0) is 19.8 Å². The van der Waals surface area contributed by atoms with Crippen LogP contribution in [0.25, 0.3) is 0 Å². The zero-order valence-corrected chi connectivity index (χ0v) is 16.3. The molecule has 142 valence electrons. The molecule has 0 amide bonds. The molecule has 0 aromatic carbocycles. The second-order valence-electron chi connectivity index (χ2n) is 6.50. The third kappa shape index (κ3) is 3.93. The lowest BCUT2D eigenvalue weighted by Crippen LogP contribution is -2.28. The number of sulfonamides is 1. The molecular weight excluding hydrogens is 356 g/mol. The highest BCUT2D eigenvalue weighted by Crippen LogP contribution is 2.18. The maximum atomic E-state index is 12.5. The normalized spacial score (nSPS) is 14.8. The van der Waals surface area contributed by atoms with E-state index in [0.717, 1.165) is 25.9 Å². The van der Waals surface area contributed by atoms with Gasteiger partial charge in [0.25, 0.3) is 10.0 Å². The van der Waals surface area contributed by atoms with Crippen molar-refractivity contribution < 1.29 is 8.42 Å². The predicted octanol–water partition coefficient (Wildman–Crippen LogP) is 0.0582. The minimum absolute atomic E-state index is 0.0147. The molecule has 10 nitrogen and oxygen atoms in total. The largest absolute Gasteiger partial charge is 0.347 e. The number of hydrogen-bond donors (Lipinski definition) is 1. The molecule has 0 saturated carbocycles. The molecule has 0 bridgehead atoms. The standard InChI is InChI=1S/C15H24N8O2S/c1-11-17-13(10-22(11)4)26(24,25)16-9-12-18-14(21(2)3)20-15(19-12)23-7-5-6-8-23/h10,16H,5-9H2,1-4H3. The van der Waals surface area contributed by atoms with Gasteiger partial charge >= 0.3 is 0 Å². The fraction of sp³-hybridized carbons (Fsp3) is 0.600. The van der Waals surface area contributed by atoms with E-state index in [1.54, 1.807) is 23.4 Å². The molecule has 26 heavy (non-hydrogen) atoms. The van der Waals surface area contributed by atoms with Gasteiger partial charge in [0, 0.05) is 40.4 Å². The molecule has 0 radical (unpaired) electrons. The van der Waals surface area contributed by atoms with Gasteiger partial charge in [0.15, 0.2) is 10.9 Å². The number of aromatic nitrogens is 5. The van der Waals surface area contributed by atoms with Gasteiger partial charge in [-0.1, -0.05) is 0 Å². The molecule has 1 N–H and O–H groups in total. The molecule has 2 aromatic heterocycles. The summed E-state index contributed by atoms with van der Waals surface area (Å²) in [5.74, 6) is 2.09. The fourth-order valence-electron chi connectivity index (χ4n) is 2.62. The lowest BCUT2D eigenvalue weighted by molar-refractivity contribution is 0.575. The third-order valence-electron chi connectivity index (χ3n) is 4.23. The lowest BCUT2D eigenvalue weighted by atomic mass is 10.4. The fourth-order valence-corrected chi connectivity index (χ4v) is 3.64. The van der Waals surface area contributed by atoms with Crippen molar-refractivity contribution in [3.8, 4) is 0 Å². The Labute approximate surface area is 153 Å². The molecule has 11 heteroatoms. The molecule has 0 spiro atoms. The first-order valence-electron chi connectivity index (χ1n) is 8.43. The molecule has 1 aliphatic heterocycles. The number of aryl methyl sites for hydroxylation is 2. The van der Waals surface area contributed by atoms with E-state index in [1.165, 1.54) is 6.20 Å². The summed E-state index contributed by atoms with van der Waals surface area (Å²) < 4.78 is 29.1. The summed E-state index contributed by atoms with van der Waals surface area (Å²) in [5, 5.41) is -0.0147. The monoisotopic (exact) mass is 380 g/mol. The van der Waals surface area contributed by atoms with Gasteiger partial charge in [0.1, 0.15) is 5.82 Å². The lowest BCUT2D eigenvalue weighted by Gasteiger charge is -2.18. The summed E-state index contributed by atoms with van der Waals surface area (Å²) in [6.45, 7) is 3.52. The van der Waals surface area contributed by atoms with E-state index in [0.29, 0.717) is 23.5 Å². The van der Waals surface area contributed by atoms with Crippen LogP contribution < -0.4 is 14.5 Å². The maximum absolute atomic E-state index is 12.5. The zero-order chi connectivity index (χ0) is 18.9. The summed E-state index contributed by atoms with van der Waals surface area (Å²) in [4.78, 5) is 21.2. The third-order valence-corrected chi connectivity index (χ3v) is 5.50. The van der Waals surface area contributed by atoms with E-state index < -0.39 is 10.0 Å². The van der Waals surface area contributed by atoms with Crippen LogP contribution in [0.3, 0.4) is 0 Å². The van der Waals surface area contributed by atoms with Crippen molar-refractivity contribution in [3.63, 3.8) is 0 Å². The second-order valence-corrected chi connectivity index (χ2v) is 8.22. The van der Waals surface area contributed by atoms with E-state index in [4.69, 9.17) is 0 Å². The minimum atomic E-state index is -3.73. The number of hydrogen-bond acceptors (Lipinski definition) is 8. The van der Waals surface area contributed by atoms with Gasteiger partial charge in [-0.2, -0.15) is 15.0 Å². The Hall–Kier alpha value is -2.27. The van der Waals surface area contributed by atoms with Gasteiger partial charge in [0.05, 0.1) is 6.54 Å². The van der Waals surface area contributed by atoms with Crippen LogP contribution in [0.15, 0.2) is 11.2 Å². The zero-order valence-electron chi connectivity index (χ0n) is 15.5. The first-order chi connectivity index (χ1) is 12.3. The highest BCUT2D eigenvalue weighted by molar-refractivity contribution is 7.89. The van der Waals surface area contributed by atoms with E-state index in [9.17, 15) is 8.42 Å². The smallest absolute Gasteiger partial charge is 0.260 e. The van der Waals surface area contributed by atoms with Crippen molar-refractivity contribution in [1.29, 1.82) is 0 Å². The summed E-state index contributed by atoms with van der Waals surface area (Å²) in [5.41, 5.74) is 0. The Bertz CT molecular complexity index is 868. The average molecular weight is 380 g/mol. The number of nitrogens with zero attached hydrogens (tertiary/aromatic N) is 7. The first kappa shape index (κ1) is 18.5. The van der Waals surface area contributed by atoms with Gasteiger partial charge < -0.3 is 14.4 Å². The Balaban J connectivity index is 1.82. The van der Waals surface area contributed by atoms with E-state index in [1.807, 2.05) is 14.1 Å². The van der Waals surface area contributed by atoms with E-state index in [2.05, 4.69) is 29.6 Å². The van der Waals surface area contributed by atoms with Gasteiger partial charge in [0.2, 0.25) is 11.9 Å². The van der Waals surface area contributed by atoms with Gasteiger partial charge in [-0.3, -0.25) is 0 Å². The molecule has 3 rings (SSSR count). The van der Waals surface area contributed by atoms with Crippen LogP contribution in [0, 0.1) is 6.92 Å². The van der Waals surface area contributed by atoms with Crippen LogP contribution in [0.2, 0.25) is 0 Å². The Morgan fingerprint density at radius 2 is 1.85 bits per heavy atom. The van der Waals surface area contributed by atoms with Crippen molar-refractivity contribution in [2.24, 2.45) is 7.05 Å². The van der Waals surface area contributed by atoms with Crippen molar-refractivity contribution >= 4 is 21.9 Å². The number of rotatable bonds is 6. The highest BCUT2D eigenvalue weighted by atomic mass is 32.2. The molecule has 1 fully saturated rings. The van der Waals surface area contributed by atoms with Crippen LogP contribution in [0.1, 0.15) is 24.5 Å². The van der Waals surface area contributed by atoms with Crippen LogP contribution >= 0.6 is 0 Å². The quantitative estimate of drug-likeness (QED) is 0.749. The van der Waals surface area contributed by atoms with Crippen LogP contribution in [-0.4, -0.2) is 60.1 Å². The van der Waals surface area contributed by atoms with Gasteiger partial charge in [-0.15, -0.1) is 0 Å². The summed E-state index contributed by atoms with van der Waals surface area (Å²) in [7, 11) is 1.70. The molecule has 2 aromatic rings. The summed E-state index contributed by atoms with van der Waals surface area (Å²) >= 11 is 0. The number of imidazole rings is 1. The molecule has 3 heterocycles. The van der Waals surface area contributed by atoms with E-state index >= 15 is 0 Å². The number of anilines is 2. The molecule has 1 aliphatic rings. The van der Waals surface area contributed by atoms with Crippen molar-refractivity contribution in [3.05, 3.63) is 17.8 Å².